The quantitative estimate of drug-likeness (QED) is 0.516. The summed E-state index contributed by atoms with van der Waals surface area (Å²) in [5, 5.41) is 0. The molecule has 0 unspecified atom stereocenters. The van der Waals surface area contributed by atoms with E-state index in [2.05, 4.69) is 0 Å². The summed E-state index contributed by atoms with van der Waals surface area (Å²) in [6.45, 7) is 15.8. The number of carbonyl (C=O) groups is 2. The average Bonchev–Trinajstić information content (AvgIpc) is 3.09. The molecule has 0 aliphatic carbocycles. The van der Waals surface area contributed by atoms with Crippen molar-refractivity contribution in [2.75, 3.05) is 26.2 Å². The Morgan fingerprint density at radius 1 is 0.897 bits per heavy atom. The first-order valence-corrected chi connectivity index (χ1v) is 13.6. The summed E-state index contributed by atoms with van der Waals surface area (Å²) in [7, 11) is -0.538. The van der Waals surface area contributed by atoms with Crippen LogP contribution < -0.4 is 10.2 Å². The number of rotatable bonds is 6. The molecule has 2 aliphatic heterocycles. The van der Waals surface area contributed by atoms with E-state index >= 15 is 0 Å². The lowest BCUT2D eigenvalue weighted by Crippen LogP contribution is -2.52. The summed E-state index contributed by atoms with van der Waals surface area (Å²) >= 11 is 0. The Labute approximate surface area is 232 Å². The van der Waals surface area contributed by atoms with Crippen LogP contribution >= 0.6 is 0 Å². The van der Waals surface area contributed by atoms with Crippen LogP contribution in [0.15, 0.2) is 48.5 Å². The molecule has 0 bridgehead atoms. The van der Waals surface area contributed by atoms with Crippen molar-refractivity contribution in [2.24, 2.45) is 0 Å². The Morgan fingerprint density at radius 2 is 1.49 bits per heavy atom. The Hall–Kier alpha value is -3.04. The number of nitrogens with zero attached hydrogens (tertiary/aromatic N) is 2. The molecule has 0 atom stereocenters. The Kier molecular flexibility index (Phi) is 8.33. The normalized spacial score (nSPS) is 18.7. The first-order valence-electron chi connectivity index (χ1n) is 13.6. The minimum atomic E-state index is -0.553. The maximum atomic E-state index is 13.4. The van der Waals surface area contributed by atoms with Gasteiger partial charge in [0.15, 0.2) is 0 Å². The highest BCUT2D eigenvalue weighted by atomic mass is 16.7. The molecule has 39 heavy (non-hydrogen) atoms. The van der Waals surface area contributed by atoms with Gasteiger partial charge >= 0.3 is 13.2 Å². The predicted octanol–water partition coefficient (Wildman–Crippen LogP) is 4.19. The van der Waals surface area contributed by atoms with Crippen LogP contribution in [0.1, 0.15) is 59.6 Å². The number of amides is 2. The van der Waals surface area contributed by atoms with Crippen LogP contribution in [-0.2, 0) is 31.9 Å². The fraction of sp³-hybridized carbons (Fsp3) is 0.533. The molecule has 210 valence electrons. The minimum absolute atomic E-state index is 0.0190. The summed E-state index contributed by atoms with van der Waals surface area (Å²) in [5.41, 5.74) is 1.18. The number of carbonyl (C=O) groups excluding carboxylic acids is 2. The Balaban J connectivity index is 1.48. The van der Waals surface area contributed by atoms with Gasteiger partial charge in [-0.25, -0.2) is 4.79 Å². The van der Waals surface area contributed by atoms with Gasteiger partial charge in [0.2, 0.25) is 5.91 Å². The van der Waals surface area contributed by atoms with Crippen LogP contribution in [0.5, 0.6) is 5.75 Å². The highest BCUT2D eigenvalue weighted by Crippen LogP contribution is 2.36. The fourth-order valence-corrected chi connectivity index (χ4v) is 4.48. The van der Waals surface area contributed by atoms with Crippen molar-refractivity contribution in [3.05, 3.63) is 59.7 Å². The summed E-state index contributed by atoms with van der Waals surface area (Å²) < 4.78 is 24.2. The van der Waals surface area contributed by atoms with Gasteiger partial charge in [-0.1, -0.05) is 42.5 Å². The van der Waals surface area contributed by atoms with Gasteiger partial charge in [0, 0.05) is 31.7 Å². The molecule has 0 N–H and O–H groups in total. The number of hydrogen-bond acceptors (Lipinski definition) is 6. The van der Waals surface area contributed by atoms with Crippen molar-refractivity contribution >= 4 is 24.6 Å². The predicted molar refractivity (Wildman–Crippen MR) is 151 cm³/mol. The SMILES string of the molecule is CC(C)(C)OC(=O)N1CCN(C(=O)Cc2cc(B3OC(C)(C)C(C)(C)O3)ccc2OCc2ccccc2)CC1. The van der Waals surface area contributed by atoms with E-state index in [1.165, 1.54) is 0 Å². The van der Waals surface area contributed by atoms with Crippen LogP contribution in [0.4, 0.5) is 4.79 Å². The lowest BCUT2D eigenvalue weighted by atomic mass is 9.78. The van der Waals surface area contributed by atoms with Gasteiger partial charge in [-0.05, 0) is 65.6 Å². The zero-order chi connectivity index (χ0) is 28.4. The van der Waals surface area contributed by atoms with Gasteiger partial charge in [-0.3, -0.25) is 4.79 Å². The van der Waals surface area contributed by atoms with Crippen LogP contribution in [0.2, 0.25) is 0 Å². The first-order chi connectivity index (χ1) is 18.2. The van der Waals surface area contributed by atoms with E-state index < -0.39 is 23.9 Å². The number of piperazine rings is 1. The van der Waals surface area contributed by atoms with Crippen molar-refractivity contribution in [3.63, 3.8) is 0 Å². The van der Waals surface area contributed by atoms with Crippen molar-refractivity contribution in [3.8, 4) is 5.75 Å². The molecule has 2 fully saturated rings. The van der Waals surface area contributed by atoms with E-state index in [1.54, 1.807) is 9.80 Å². The first kappa shape index (κ1) is 29.0. The van der Waals surface area contributed by atoms with Gasteiger partial charge in [0.05, 0.1) is 17.6 Å². The number of hydrogen-bond donors (Lipinski definition) is 0. The Morgan fingerprint density at radius 3 is 2.08 bits per heavy atom. The van der Waals surface area contributed by atoms with Gasteiger partial charge < -0.3 is 28.6 Å². The molecule has 2 aliphatic rings. The molecule has 0 spiro atoms. The van der Waals surface area contributed by atoms with Crippen LogP contribution in [-0.4, -0.2) is 71.9 Å². The van der Waals surface area contributed by atoms with Crippen molar-refractivity contribution in [1.29, 1.82) is 0 Å². The topological polar surface area (TPSA) is 77.5 Å². The maximum Gasteiger partial charge on any atom is 0.494 e. The summed E-state index contributed by atoms with van der Waals surface area (Å²) in [6.07, 6.45) is -0.175. The van der Waals surface area contributed by atoms with E-state index in [0.717, 1.165) is 16.6 Å². The molecule has 2 saturated heterocycles. The summed E-state index contributed by atoms with van der Waals surface area (Å²) in [5.74, 6) is 0.634. The molecule has 0 radical (unpaired) electrons. The lowest BCUT2D eigenvalue weighted by molar-refractivity contribution is -0.132. The molecular weight excluding hydrogens is 495 g/mol. The van der Waals surface area contributed by atoms with Gasteiger partial charge in [0.1, 0.15) is 18.0 Å². The summed E-state index contributed by atoms with van der Waals surface area (Å²) in [6, 6.07) is 15.7. The summed E-state index contributed by atoms with van der Waals surface area (Å²) in [4.78, 5) is 29.3. The molecular formula is C30H41BN2O6. The molecule has 9 heteroatoms. The second-order valence-corrected chi connectivity index (χ2v) is 12.3. The highest BCUT2D eigenvalue weighted by Gasteiger charge is 2.51. The second-order valence-electron chi connectivity index (χ2n) is 12.3. The largest absolute Gasteiger partial charge is 0.494 e. The molecule has 2 heterocycles. The third kappa shape index (κ3) is 7.14. The molecule has 2 aromatic carbocycles. The maximum absolute atomic E-state index is 13.4. The molecule has 0 saturated carbocycles. The smallest absolute Gasteiger partial charge is 0.489 e. The Bertz CT molecular complexity index is 1150. The third-order valence-corrected chi connectivity index (χ3v) is 7.47. The van der Waals surface area contributed by atoms with E-state index in [1.807, 2.05) is 97.0 Å². The zero-order valence-electron chi connectivity index (χ0n) is 24.3. The van der Waals surface area contributed by atoms with Gasteiger partial charge in [-0.2, -0.15) is 0 Å². The van der Waals surface area contributed by atoms with E-state index in [-0.39, 0.29) is 18.4 Å². The van der Waals surface area contributed by atoms with Crippen LogP contribution in [0.3, 0.4) is 0 Å². The zero-order valence-corrected chi connectivity index (χ0v) is 24.3. The van der Waals surface area contributed by atoms with Crippen LogP contribution in [0.25, 0.3) is 0 Å². The lowest BCUT2D eigenvalue weighted by Gasteiger charge is -2.35. The second kappa shape index (κ2) is 11.2. The van der Waals surface area contributed by atoms with E-state index in [4.69, 9.17) is 18.8 Å². The fourth-order valence-electron chi connectivity index (χ4n) is 4.48. The van der Waals surface area contributed by atoms with Gasteiger partial charge in [-0.15, -0.1) is 0 Å². The van der Waals surface area contributed by atoms with E-state index in [0.29, 0.717) is 38.5 Å². The minimum Gasteiger partial charge on any atom is -0.489 e. The van der Waals surface area contributed by atoms with E-state index in [9.17, 15) is 9.59 Å². The molecule has 0 aromatic heterocycles. The molecule has 2 amide bonds. The average molecular weight is 536 g/mol. The highest BCUT2D eigenvalue weighted by molar-refractivity contribution is 6.62. The third-order valence-electron chi connectivity index (χ3n) is 7.47. The molecule has 4 rings (SSSR count). The monoisotopic (exact) mass is 536 g/mol. The van der Waals surface area contributed by atoms with Crippen molar-refractivity contribution < 1.29 is 28.4 Å². The number of ether oxygens (including phenoxy) is 2. The van der Waals surface area contributed by atoms with Crippen molar-refractivity contribution in [1.82, 2.24) is 9.80 Å². The van der Waals surface area contributed by atoms with Crippen LogP contribution in [0, 0.1) is 0 Å². The standard InChI is InChI=1S/C30H41BN2O6/c1-28(2,3)37-27(35)33-17-15-32(16-18-33)26(34)20-23-19-24(31-38-29(4,5)30(6,7)39-31)13-14-25(23)36-21-22-11-9-8-10-12-22/h8-14,19H,15-18,20-21H2,1-7H3. The molecule has 2 aromatic rings. The number of benzene rings is 2. The van der Waals surface area contributed by atoms with Crippen molar-refractivity contribution in [2.45, 2.75) is 78.3 Å². The molecule has 8 nitrogen and oxygen atoms in total. The van der Waals surface area contributed by atoms with Gasteiger partial charge in [0.25, 0.3) is 0 Å².